The fraction of sp³-hybridized carbons (Fsp3) is 0.531. The third-order valence-electron chi connectivity index (χ3n) is 9.02. The molecule has 0 bridgehead atoms. The predicted octanol–water partition coefficient (Wildman–Crippen LogP) is 6.26. The number of carbonyl (C=O) groups is 1. The third-order valence-corrected chi connectivity index (χ3v) is 9.02. The molecule has 1 saturated carbocycles. The lowest BCUT2D eigenvalue weighted by Crippen LogP contribution is -2.38. The Bertz CT molecular complexity index is 1250. The van der Waals surface area contributed by atoms with E-state index in [9.17, 15) is 4.79 Å². The topological polar surface area (TPSA) is 37.7 Å². The van der Waals surface area contributed by atoms with Crippen molar-refractivity contribution in [3.05, 3.63) is 64.8 Å². The van der Waals surface area contributed by atoms with Crippen LogP contribution in [0.2, 0.25) is 0 Å². The molecule has 3 aliphatic rings. The van der Waals surface area contributed by atoms with Gasteiger partial charge in [-0.25, -0.2) is 0 Å². The van der Waals surface area contributed by atoms with Gasteiger partial charge in [0.2, 0.25) is 0 Å². The minimum Gasteiger partial charge on any atom is -0.494 e. The molecule has 1 aliphatic carbocycles. The van der Waals surface area contributed by atoms with E-state index in [-0.39, 0.29) is 5.91 Å². The molecule has 5 heteroatoms. The summed E-state index contributed by atoms with van der Waals surface area (Å²) in [5, 5.41) is 1.28. The van der Waals surface area contributed by atoms with Crippen LogP contribution in [0.5, 0.6) is 5.75 Å². The van der Waals surface area contributed by atoms with Crippen molar-refractivity contribution in [2.45, 2.75) is 77.9 Å². The Morgan fingerprint density at radius 1 is 0.973 bits per heavy atom. The number of likely N-dealkylation sites (tertiary alicyclic amines) is 1. The molecular formula is C32H41N3O2. The number of carbonyl (C=O) groups excluding carboxylic acids is 1. The maximum atomic E-state index is 13.5. The van der Waals surface area contributed by atoms with Gasteiger partial charge < -0.3 is 14.2 Å². The number of rotatable bonds is 6. The van der Waals surface area contributed by atoms with Gasteiger partial charge in [0.15, 0.2) is 0 Å². The smallest absolute Gasteiger partial charge is 0.253 e. The molecule has 2 fully saturated rings. The first-order valence-corrected chi connectivity index (χ1v) is 14.5. The van der Waals surface area contributed by atoms with Crippen LogP contribution in [0.25, 0.3) is 10.9 Å². The second kappa shape index (κ2) is 10.5. The molecule has 3 aromatic rings. The molecule has 0 unspecified atom stereocenters. The molecule has 6 rings (SSSR count). The summed E-state index contributed by atoms with van der Waals surface area (Å²) < 4.78 is 8.18. The van der Waals surface area contributed by atoms with E-state index in [1.54, 1.807) is 0 Å². The monoisotopic (exact) mass is 499 g/mol. The first-order chi connectivity index (χ1) is 18.1. The standard InChI is InChI=1S/C32H41N3O2/c1-3-37-27-11-8-24(9-12-27)21-35-30-13-10-25(32(36)33-17-14-23(2)15-18-33)20-28(30)29-22-34(19-16-31(29)35)26-6-4-5-7-26/h8-13,20,23,26H,3-7,14-19,21-22H2,1-2H3. The van der Waals surface area contributed by atoms with Crippen LogP contribution in [0, 0.1) is 5.92 Å². The Morgan fingerprint density at radius 2 is 1.73 bits per heavy atom. The molecule has 5 nitrogen and oxygen atoms in total. The van der Waals surface area contributed by atoms with Gasteiger partial charge in [-0.15, -0.1) is 0 Å². The van der Waals surface area contributed by atoms with Gasteiger partial charge in [-0.05, 0) is 80.0 Å². The first-order valence-electron chi connectivity index (χ1n) is 14.5. The molecule has 1 saturated heterocycles. The van der Waals surface area contributed by atoms with Gasteiger partial charge in [0.05, 0.1) is 6.61 Å². The van der Waals surface area contributed by atoms with Crippen LogP contribution in [0.15, 0.2) is 42.5 Å². The van der Waals surface area contributed by atoms with Crippen molar-refractivity contribution in [3.63, 3.8) is 0 Å². The fourth-order valence-electron chi connectivity index (χ4n) is 6.80. The number of hydrogen-bond acceptors (Lipinski definition) is 3. The van der Waals surface area contributed by atoms with Crippen molar-refractivity contribution in [2.24, 2.45) is 5.92 Å². The van der Waals surface area contributed by atoms with Crippen molar-refractivity contribution >= 4 is 16.8 Å². The van der Waals surface area contributed by atoms with E-state index < -0.39 is 0 Å². The summed E-state index contributed by atoms with van der Waals surface area (Å²) in [7, 11) is 0. The van der Waals surface area contributed by atoms with Crippen LogP contribution < -0.4 is 4.74 Å². The molecule has 1 aromatic heterocycles. The first kappa shape index (κ1) is 24.5. The normalized spacial score (nSPS) is 19.5. The Kier molecular flexibility index (Phi) is 6.98. The van der Waals surface area contributed by atoms with Crippen LogP contribution >= 0.6 is 0 Å². The zero-order valence-corrected chi connectivity index (χ0v) is 22.5. The molecule has 2 aromatic carbocycles. The summed E-state index contributed by atoms with van der Waals surface area (Å²) in [6.45, 7) is 9.74. The van der Waals surface area contributed by atoms with Crippen LogP contribution in [0.3, 0.4) is 0 Å². The predicted molar refractivity (Wildman–Crippen MR) is 149 cm³/mol. The molecule has 37 heavy (non-hydrogen) atoms. The number of benzene rings is 2. The second-order valence-electron chi connectivity index (χ2n) is 11.5. The van der Waals surface area contributed by atoms with Crippen molar-refractivity contribution in [1.82, 2.24) is 14.4 Å². The lowest BCUT2D eigenvalue weighted by Gasteiger charge is -2.33. The van der Waals surface area contributed by atoms with E-state index in [2.05, 4.69) is 63.8 Å². The lowest BCUT2D eigenvalue weighted by atomic mass is 9.98. The minimum atomic E-state index is 0.199. The van der Waals surface area contributed by atoms with E-state index in [0.29, 0.717) is 6.61 Å². The lowest BCUT2D eigenvalue weighted by molar-refractivity contribution is 0.0697. The number of piperidine rings is 1. The van der Waals surface area contributed by atoms with E-state index in [1.165, 1.54) is 53.4 Å². The Hall–Kier alpha value is -2.79. The van der Waals surface area contributed by atoms with E-state index >= 15 is 0 Å². The van der Waals surface area contributed by atoms with Crippen molar-refractivity contribution in [3.8, 4) is 5.75 Å². The molecule has 3 heterocycles. The number of hydrogen-bond donors (Lipinski definition) is 0. The molecule has 0 atom stereocenters. The molecule has 0 N–H and O–H groups in total. The number of fused-ring (bicyclic) bond motifs is 3. The van der Waals surface area contributed by atoms with Gasteiger partial charge in [0, 0.05) is 67.3 Å². The maximum absolute atomic E-state index is 13.5. The Balaban J connectivity index is 1.35. The number of amides is 1. The highest BCUT2D eigenvalue weighted by Gasteiger charge is 2.30. The van der Waals surface area contributed by atoms with Gasteiger partial charge >= 0.3 is 0 Å². The van der Waals surface area contributed by atoms with Gasteiger partial charge in [0.1, 0.15) is 5.75 Å². The van der Waals surface area contributed by atoms with Crippen LogP contribution in [0.4, 0.5) is 0 Å². The zero-order valence-electron chi connectivity index (χ0n) is 22.5. The summed E-state index contributed by atoms with van der Waals surface area (Å²) in [6, 6.07) is 15.7. The summed E-state index contributed by atoms with van der Waals surface area (Å²) in [4.78, 5) is 18.3. The van der Waals surface area contributed by atoms with Crippen LogP contribution in [-0.4, -0.2) is 52.6 Å². The van der Waals surface area contributed by atoms with Crippen LogP contribution in [0.1, 0.15) is 79.6 Å². The molecule has 196 valence electrons. The van der Waals surface area contributed by atoms with E-state index in [4.69, 9.17) is 4.74 Å². The quantitative estimate of drug-likeness (QED) is 0.402. The van der Waals surface area contributed by atoms with Crippen molar-refractivity contribution in [2.75, 3.05) is 26.2 Å². The summed E-state index contributed by atoms with van der Waals surface area (Å²) in [5.41, 5.74) is 6.29. The summed E-state index contributed by atoms with van der Waals surface area (Å²) >= 11 is 0. The highest BCUT2D eigenvalue weighted by atomic mass is 16.5. The number of nitrogens with zero attached hydrogens (tertiary/aromatic N) is 3. The molecule has 0 spiro atoms. The van der Waals surface area contributed by atoms with Gasteiger partial charge in [-0.1, -0.05) is 31.9 Å². The highest BCUT2D eigenvalue weighted by molar-refractivity contribution is 5.99. The van der Waals surface area contributed by atoms with Gasteiger partial charge in [-0.2, -0.15) is 0 Å². The molecule has 2 aliphatic heterocycles. The fourth-order valence-corrected chi connectivity index (χ4v) is 6.80. The van der Waals surface area contributed by atoms with Crippen molar-refractivity contribution in [1.29, 1.82) is 0 Å². The number of ether oxygens (including phenoxy) is 1. The SMILES string of the molecule is CCOc1ccc(Cn2c3c(c4cc(C(=O)N5CCC(C)CC5)ccc42)CN(C2CCCC2)CC3)cc1. The minimum absolute atomic E-state index is 0.199. The molecular weight excluding hydrogens is 458 g/mol. The summed E-state index contributed by atoms with van der Waals surface area (Å²) in [6.07, 6.45) is 8.68. The third kappa shape index (κ3) is 4.90. The van der Waals surface area contributed by atoms with Crippen molar-refractivity contribution < 1.29 is 9.53 Å². The average molecular weight is 500 g/mol. The summed E-state index contributed by atoms with van der Waals surface area (Å²) in [5.74, 6) is 1.84. The largest absolute Gasteiger partial charge is 0.494 e. The van der Waals surface area contributed by atoms with Crippen LogP contribution in [-0.2, 0) is 19.5 Å². The van der Waals surface area contributed by atoms with Gasteiger partial charge in [-0.3, -0.25) is 9.69 Å². The zero-order chi connectivity index (χ0) is 25.4. The Morgan fingerprint density at radius 3 is 2.46 bits per heavy atom. The highest BCUT2D eigenvalue weighted by Crippen LogP contribution is 2.36. The Labute approximate surface area is 221 Å². The molecule has 1 amide bonds. The average Bonchev–Trinajstić information content (AvgIpc) is 3.57. The van der Waals surface area contributed by atoms with E-state index in [1.807, 2.05) is 6.92 Å². The maximum Gasteiger partial charge on any atom is 0.253 e. The number of aromatic nitrogens is 1. The molecule has 0 radical (unpaired) electrons. The second-order valence-corrected chi connectivity index (χ2v) is 11.5. The van der Waals surface area contributed by atoms with E-state index in [0.717, 1.165) is 75.3 Å². The van der Waals surface area contributed by atoms with Gasteiger partial charge in [0.25, 0.3) is 5.91 Å².